The largest absolute Gasteiger partial charge is 0.477 e. The zero-order valence-electron chi connectivity index (χ0n) is 10.2. The van der Waals surface area contributed by atoms with Crippen molar-refractivity contribution >= 4 is 0 Å². The predicted octanol–water partition coefficient (Wildman–Crippen LogP) is 1.40. The first kappa shape index (κ1) is 12.1. The second kappa shape index (κ2) is 6.39. The molecule has 0 amide bonds. The van der Waals surface area contributed by atoms with Gasteiger partial charge in [-0.1, -0.05) is 6.42 Å². The van der Waals surface area contributed by atoms with Crippen molar-refractivity contribution in [1.29, 1.82) is 0 Å². The van der Waals surface area contributed by atoms with Crippen molar-refractivity contribution in [2.24, 2.45) is 0 Å². The van der Waals surface area contributed by atoms with E-state index in [2.05, 4.69) is 15.3 Å². The number of rotatable bonds is 5. The molecule has 0 aromatic carbocycles. The van der Waals surface area contributed by atoms with Crippen molar-refractivity contribution in [3.8, 4) is 11.8 Å². The van der Waals surface area contributed by atoms with Gasteiger partial charge in [-0.05, 0) is 26.3 Å². The molecule has 2 rings (SSSR count). The van der Waals surface area contributed by atoms with Gasteiger partial charge >= 0.3 is 0 Å². The van der Waals surface area contributed by atoms with Crippen LogP contribution in [0.15, 0.2) is 12.4 Å². The molecule has 1 fully saturated rings. The number of hydrogen-bond acceptors (Lipinski definition) is 5. The van der Waals surface area contributed by atoms with E-state index < -0.39 is 0 Å². The fourth-order valence-electron chi connectivity index (χ4n) is 1.87. The summed E-state index contributed by atoms with van der Waals surface area (Å²) in [6, 6.07) is 0.432. The Kier molecular flexibility index (Phi) is 4.55. The molecule has 1 aromatic rings. The van der Waals surface area contributed by atoms with Crippen LogP contribution in [-0.2, 0) is 0 Å². The maximum absolute atomic E-state index is 5.62. The lowest BCUT2D eigenvalue weighted by molar-refractivity contribution is 0.227. The third-order valence-electron chi connectivity index (χ3n) is 2.73. The molecule has 1 atom stereocenters. The summed E-state index contributed by atoms with van der Waals surface area (Å²) in [6.07, 6.45) is 6.90. The first-order chi connectivity index (χ1) is 8.38. The normalized spacial score (nSPS) is 19.9. The van der Waals surface area contributed by atoms with Gasteiger partial charge in [-0.3, -0.25) is 4.98 Å². The van der Waals surface area contributed by atoms with Crippen LogP contribution in [0, 0.1) is 0 Å². The molecule has 1 aliphatic heterocycles. The van der Waals surface area contributed by atoms with E-state index in [1.807, 2.05) is 6.92 Å². The fraction of sp³-hybridized carbons (Fsp3) is 0.667. The van der Waals surface area contributed by atoms with Crippen LogP contribution < -0.4 is 14.8 Å². The molecule has 0 spiro atoms. The van der Waals surface area contributed by atoms with Crippen LogP contribution in [0.1, 0.15) is 26.2 Å². The molecule has 1 unspecified atom stereocenters. The van der Waals surface area contributed by atoms with Crippen molar-refractivity contribution in [2.75, 3.05) is 19.8 Å². The minimum atomic E-state index is 0.432. The minimum absolute atomic E-state index is 0.432. The molecule has 0 radical (unpaired) electrons. The van der Waals surface area contributed by atoms with Crippen LogP contribution in [0.25, 0.3) is 0 Å². The first-order valence-corrected chi connectivity index (χ1v) is 6.19. The summed E-state index contributed by atoms with van der Waals surface area (Å²) in [5.41, 5.74) is 0. The molecule has 17 heavy (non-hydrogen) atoms. The molecule has 0 saturated carbocycles. The molecule has 1 aliphatic rings. The van der Waals surface area contributed by atoms with Gasteiger partial charge in [-0.2, -0.15) is 4.98 Å². The van der Waals surface area contributed by atoms with Crippen LogP contribution in [0.4, 0.5) is 0 Å². The van der Waals surface area contributed by atoms with E-state index in [9.17, 15) is 0 Å². The Morgan fingerprint density at radius 1 is 1.29 bits per heavy atom. The van der Waals surface area contributed by atoms with Gasteiger partial charge < -0.3 is 14.8 Å². The number of piperidine rings is 1. The summed E-state index contributed by atoms with van der Waals surface area (Å²) in [7, 11) is 0. The lowest BCUT2D eigenvalue weighted by Crippen LogP contribution is -2.38. The molecule has 94 valence electrons. The van der Waals surface area contributed by atoms with Gasteiger partial charge in [0.05, 0.1) is 19.0 Å². The third kappa shape index (κ3) is 3.85. The summed E-state index contributed by atoms with van der Waals surface area (Å²) < 4.78 is 10.9. The average molecular weight is 237 g/mol. The summed E-state index contributed by atoms with van der Waals surface area (Å²) in [4.78, 5) is 8.25. The maximum atomic E-state index is 5.62. The molecule has 5 nitrogen and oxygen atoms in total. The number of nitrogens with one attached hydrogen (secondary N) is 1. The van der Waals surface area contributed by atoms with Crippen molar-refractivity contribution in [2.45, 2.75) is 32.2 Å². The van der Waals surface area contributed by atoms with E-state index in [0.29, 0.717) is 31.0 Å². The van der Waals surface area contributed by atoms with E-state index in [4.69, 9.17) is 9.47 Å². The quantitative estimate of drug-likeness (QED) is 0.838. The standard InChI is InChI=1S/C12H19N3O2/c1-2-16-11-7-13-8-12(15-11)17-9-10-5-3-4-6-14-10/h7-8,10,14H,2-6,9H2,1H3. The maximum Gasteiger partial charge on any atom is 0.235 e. The first-order valence-electron chi connectivity index (χ1n) is 6.19. The molecular formula is C12H19N3O2. The van der Waals surface area contributed by atoms with Gasteiger partial charge in [0.25, 0.3) is 0 Å². The molecule has 5 heteroatoms. The number of ether oxygens (including phenoxy) is 2. The Morgan fingerprint density at radius 2 is 2.12 bits per heavy atom. The highest BCUT2D eigenvalue weighted by atomic mass is 16.5. The smallest absolute Gasteiger partial charge is 0.235 e. The van der Waals surface area contributed by atoms with Crippen LogP contribution in [0.2, 0.25) is 0 Å². The Hall–Kier alpha value is -1.36. The SMILES string of the molecule is CCOc1cncc(OCC2CCCCN2)n1. The van der Waals surface area contributed by atoms with Crippen molar-refractivity contribution in [3.63, 3.8) is 0 Å². The molecule has 0 aliphatic carbocycles. The van der Waals surface area contributed by atoms with Gasteiger partial charge in [0.15, 0.2) is 0 Å². The Morgan fingerprint density at radius 3 is 2.82 bits per heavy atom. The van der Waals surface area contributed by atoms with Gasteiger partial charge in [0, 0.05) is 6.04 Å². The number of nitrogens with zero attached hydrogens (tertiary/aromatic N) is 2. The van der Waals surface area contributed by atoms with Gasteiger partial charge in [-0.15, -0.1) is 0 Å². The highest BCUT2D eigenvalue weighted by Gasteiger charge is 2.13. The summed E-state index contributed by atoms with van der Waals surface area (Å²) in [5.74, 6) is 1.05. The molecule has 2 heterocycles. The molecule has 1 N–H and O–H groups in total. The molecular weight excluding hydrogens is 218 g/mol. The van der Waals surface area contributed by atoms with Crippen LogP contribution in [0.3, 0.4) is 0 Å². The van der Waals surface area contributed by atoms with E-state index in [1.165, 1.54) is 19.3 Å². The van der Waals surface area contributed by atoms with E-state index in [1.54, 1.807) is 12.4 Å². The van der Waals surface area contributed by atoms with Crippen LogP contribution in [0.5, 0.6) is 11.8 Å². The zero-order valence-corrected chi connectivity index (χ0v) is 10.2. The lowest BCUT2D eigenvalue weighted by Gasteiger charge is -2.23. The molecule has 1 saturated heterocycles. The number of aromatic nitrogens is 2. The highest BCUT2D eigenvalue weighted by molar-refractivity contribution is 5.12. The fourth-order valence-corrected chi connectivity index (χ4v) is 1.87. The van der Waals surface area contributed by atoms with Crippen LogP contribution >= 0.6 is 0 Å². The Bertz CT molecular complexity index is 340. The second-order valence-corrected chi connectivity index (χ2v) is 4.09. The predicted molar refractivity (Wildman–Crippen MR) is 64.3 cm³/mol. The molecule has 1 aromatic heterocycles. The van der Waals surface area contributed by atoms with E-state index in [0.717, 1.165) is 6.54 Å². The Labute approximate surface area is 102 Å². The lowest BCUT2D eigenvalue weighted by atomic mass is 10.1. The van der Waals surface area contributed by atoms with Gasteiger partial charge in [-0.25, -0.2) is 0 Å². The van der Waals surface area contributed by atoms with E-state index >= 15 is 0 Å². The summed E-state index contributed by atoms with van der Waals surface area (Å²) in [6.45, 7) is 4.23. The monoisotopic (exact) mass is 237 g/mol. The van der Waals surface area contributed by atoms with Gasteiger partial charge in [0.1, 0.15) is 6.61 Å². The zero-order chi connectivity index (χ0) is 11.9. The highest BCUT2D eigenvalue weighted by Crippen LogP contribution is 2.13. The van der Waals surface area contributed by atoms with Crippen molar-refractivity contribution in [3.05, 3.63) is 12.4 Å². The van der Waals surface area contributed by atoms with Gasteiger partial charge in [0.2, 0.25) is 11.8 Å². The van der Waals surface area contributed by atoms with E-state index in [-0.39, 0.29) is 0 Å². The summed E-state index contributed by atoms with van der Waals surface area (Å²) >= 11 is 0. The minimum Gasteiger partial charge on any atom is -0.477 e. The van der Waals surface area contributed by atoms with Crippen LogP contribution in [-0.4, -0.2) is 35.8 Å². The topological polar surface area (TPSA) is 56.3 Å². The Balaban J connectivity index is 1.83. The molecule has 0 bridgehead atoms. The van der Waals surface area contributed by atoms with Crippen molar-refractivity contribution < 1.29 is 9.47 Å². The number of hydrogen-bond donors (Lipinski definition) is 1. The third-order valence-corrected chi connectivity index (χ3v) is 2.73. The average Bonchev–Trinajstić information content (AvgIpc) is 2.39. The summed E-state index contributed by atoms with van der Waals surface area (Å²) in [5, 5.41) is 3.42. The van der Waals surface area contributed by atoms with Crippen molar-refractivity contribution in [1.82, 2.24) is 15.3 Å². The second-order valence-electron chi connectivity index (χ2n) is 4.09.